The van der Waals surface area contributed by atoms with Gasteiger partial charge in [-0.05, 0) is 50.4 Å². The summed E-state index contributed by atoms with van der Waals surface area (Å²) in [6.07, 6.45) is 4.57. The van der Waals surface area contributed by atoms with Crippen molar-refractivity contribution in [1.29, 1.82) is 0 Å². The second-order valence-electron chi connectivity index (χ2n) is 5.35. The Morgan fingerprint density at radius 1 is 1.20 bits per heavy atom. The van der Waals surface area contributed by atoms with Crippen molar-refractivity contribution in [3.8, 4) is 5.75 Å². The summed E-state index contributed by atoms with van der Waals surface area (Å²) in [6.45, 7) is 9.64. The number of ether oxygens (including phenoxy) is 1. The highest BCUT2D eigenvalue weighted by molar-refractivity contribution is 6.32. The minimum Gasteiger partial charge on any atom is -0.487 e. The second-order valence-corrected chi connectivity index (χ2v) is 5.75. The van der Waals surface area contributed by atoms with Crippen LogP contribution in [0, 0.1) is 6.92 Å². The fraction of sp³-hybridized carbons (Fsp3) is 0.647. The minimum absolute atomic E-state index is 0.168. The molecule has 0 bridgehead atoms. The molecular formula is C17H28ClNO. The fourth-order valence-electron chi connectivity index (χ4n) is 2.37. The molecule has 0 radical (unpaired) electrons. The van der Waals surface area contributed by atoms with E-state index in [1.54, 1.807) is 0 Å². The van der Waals surface area contributed by atoms with Crippen LogP contribution in [0.5, 0.6) is 5.75 Å². The van der Waals surface area contributed by atoms with Gasteiger partial charge in [0.2, 0.25) is 0 Å². The van der Waals surface area contributed by atoms with Gasteiger partial charge in [0.05, 0.1) is 5.02 Å². The molecule has 2 unspecified atom stereocenters. The Hall–Kier alpha value is -0.730. The first kappa shape index (κ1) is 17.3. The summed E-state index contributed by atoms with van der Waals surface area (Å²) in [4.78, 5) is 0. The van der Waals surface area contributed by atoms with Gasteiger partial charge in [0.25, 0.3) is 0 Å². The topological polar surface area (TPSA) is 21.3 Å². The average molecular weight is 298 g/mol. The summed E-state index contributed by atoms with van der Waals surface area (Å²) in [5.74, 6) is 0.795. The van der Waals surface area contributed by atoms with Crippen LogP contribution in [0.25, 0.3) is 0 Å². The third kappa shape index (κ3) is 5.34. The summed E-state index contributed by atoms with van der Waals surface area (Å²) in [6, 6.07) is 6.37. The lowest BCUT2D eigenvalue weighted by atomic mass is 10.0. The standard InChI is InChI=1S/C17H28ClNO/c1-5-8-15(19-11-6-2)16(7-3)20-17-10-9-13(4)12-14(17)18/h9-10,12,15-16,19H,5-8,11H2,1-4H3. The van der Waals surface area contributed by atoms with E-state index < -0.39 is 0 Å². The van der Waals surface area contributed by atoms with Gasteiger partial charge in [-0.1, -0.05) is 44.9 Å². The van der Waals surface area contributed by atoms with E-state index >= 15 is 0 Å². The Bertz CT molecular complexity index is 395. The first-order valence-electron chi connectivity index (χ1n) is 7.78. The zero-order valence-electron chi connectivity index (χ0n) is 13.2. The molecule has 0 aliphatic heterocycles. The van der Waals surface area contributed by atoms with Crippen LogP contribution in [0.1, 0.15) is 52.0 Å². The summed E-state index contributed by atoms with van der Waals surface area (Å²) < 4.78 is 6.17. The van der Waals surface area contributed by atoms with Crippen LogP contribution in [-0.2, 0) is 0 Å². The van der Waals surface area contributed by atoms with E-state index in [4.69, 9.17) is 16.3 Å². The Labute approximate surface area is 128 Å². The molecule has 0 amide bonds. The molecule has 0 saturated carbocycles. The summed E-state index contributed by atoms with van der Waals surface area (Å²) in [5, 5.41) is 4.31. The lowest BCUT2D eigenvalue weighted by Gasteiger charge is -2.28. The van der Waals surface area contributed by atoms with Crippen molar-refractivity contribution in [2.45, 2.75) is 65.5 Å². The first-order valence-corrected chi connectivity index (χ1v) is 8.16. The summed E-state index contributed by atoms with van der Waals surface area (Å²) in [7, 11) is 0. The van der Waals surface area contributed by atoms with E-state index in [0.717, 1.165) is 43.5 Å². The van der Waals surface area contributed by atoms with Crippen LogP contribution in [0.15, 0.2) is 18.2 Å². The monoisotopic (exact) mass is 297 g/mol. The fourth-order valence-corrected chi connectivity index (χ4v) is 2.65. The second kappa shape index (κ2) is 9.25. The normalized spacial score (nSPS) is 14.1. The molecule has 1 aromatic rings. The van der Waals surface area contributed by atoms with E-state index in [9.17, 15) is 0 Å². The first-order chi connectivity index (χ1) is 9.62. The average Bonchev–Trinajstić information content (AvgIpc) is 2.43. The van der Waals surface area contributed by atoms with Gasteiger partial charge in [0, 0.05) is 6.04 Å². The number of hydrogen-bond donors (Lipinski definition) is 1. The quantitative estimate of drug-likeness (QED) is 0.694. The lowest BCUT2D eigenvalue weighted by molar-refractivity contribution is 0.142. The van der Waals surface area contributed by atoms with Gasteiger partial charge >= 0.3 is 0 Å². The molecule has 0 saturated heterocycles. The number of rotatable bonds is 9. The molecule has 0 fully saturated rings. The van der Waals surface area contributed by atoms with Crippen molar-refractivity contribution in [2.75, 3.05) is 6.54 Å². The van der Waals surface area contributed by atoms with Gasteiger partial charge in [-0.3, -0.25) is 0 Å². The molecule has 1 N–H and O–H groups in total. The molecule has 1 rings (SSSR count). The van der Waals surface area contributed by atoms with E-state index in [1.807, 2.05) is 25.1 Å². The maximum Gasteiger partial charge on any atom is 0.138 e. The van der Waals surface area contributed by atoms with Crippen LogP contribution in [0.4, 0.5) is 0 Å². The molecule has 20 heavy (non-hydrogen) atoms. The molecule has 0 aliphatic carbocycles. The van der Waals surface area contributed by atoms with Crippen LogP contribution in [0.3, 0.4) is 0 Å². The van der Waals surface area contributed by atoms with Crippen molar-refractivity contribution in [3.63, 3.8) is 0 Å². The number of aryl methyl sites for hydroxylation is 1. The van der Waals surface area contributed by atoms with E-state index in [2.05, 4.69) is 26.1 Å². The van der Waals surface area contributed by atoms with E-state index in [1.165, 1.54) is 0 Å². The predicted molar refractivity (Wildman–Crippen MR) is 87.9 cm³/mol. The molecule has 0 heterocycles. The Morgan fingerprint density at radius 2 is 1.95 bits per heavy atom. The van der Waals surface area contributed by atoms with Crippen molar-refractivity contribution >= 4 is 11.6 Å². The van der Waals surface area contributed by atoms with E-state index in [-0.39, 0.29) is 6.10 Å². The Balaban J connectivity index is 2.76. The molecule has 1 aromatic carbocycles. The Kier molecular flexibility index (Phi) is 8.01. The molecule has 2 atom stereocenters. The largest absolute Gasteiger partial charge is 0.487 e. The number of nitrogens with one attached hydrogen (secondary N) is 1. The third-order valence-electron chi connectivity index (χ3n) is 3.47. The van der Waals surface area contributed by atoms with Gasteiger partial charge in [0.15, 0.2) is 0 Å². The van der Waals surface area contributed by atoms with Crippen LogP contribution in [-0.4, -0.2) is 18.7 Å². The van der Waals surface area contributed by atoms with Crippen LogP contribution in [0.2, 0.25) is 5.02 Å². The van der Waals surface area contributed by atoms with Crippen LogP contribution >= 0.6 is 11.6 Å². The zero-order valence-corrected chi connectivity index (χ0v) is 14.0. The van der Waals surface area contributed by atoms with Crippen molar-refractivity contribution in [1.82, 2.24) is 5.32 Å². The third-order valence-corrected chi connectivity index (χ3v) is 3.77. The number of benzene rings is 1. The molecule has 0 aliphatic rings. The smallest absolute Gasteiger partial charge is 0.138 e. The number of halogens is 1. The van der Waals surface area contributed by atoms with Gasteiger partial charge in [0.1, 0.15) is 11.9 Å². The van der Waals surface area contributed by atoms with Gasteiger partial charge in [-0.25, -0.2) is 0 Å². The maximum absolute atomic E-state index is 6.27. The van der Waals surface area contributed by atoms with Gasteiger partial charge in [-0.15, -0.1) is 0 Å². The highest BCUT2D eigenvalue weighted by Crippen LogP contribution is 2.27. The molecule has 0 spiro atoms. The number of hydrogen-bond acceptors (Lipinski definition) is 2. The van der Waals surface area contributed by atoms with Crippen molar-refractivity contribution in [2.24, 2.45) is 0 Å². The van der Waals surface area contributed by atoms with Gasteiger partial charge in [-0.2, -0.15) is 0 Å². The summed E-state index contributed by atoms with van der Waals surface area (Å²) in [5.41, 5.74) is 1.16. The Morgan fingerprint density at radius 3 is 2.50 bits per heavy atom. The van der Waals surface area contributed by atoms with Gasteiger partial charge < -0.3 is 10.1 Å². The van der Waals surface area contributed by atoms with E-state index in [0.29, 0.717) is 11.1 Å². The molecule has 114 valence electrons. The highest BCUT2D eigenvalue weighted by atomic mass is 35.5. The van der Waals surface area contributed by atoms with Crippen molar-refractivity contribution < 1.29 is 4.74 Å². The molecule has 3 heteroatoms. The minimum atomic E-state index is 0.168. The molecule has 0 aromatic heterocycles. The maximum atomic E-state index is 6.27. The highest BCUT2D eigenvalue weighted by Gasteiger charge is 2.21. The SMILES string of the molecule is CCCNC(CCC)C(CC)Oc1ccc(C)cc1Cl. The predicted octanol–water partition coefficient (Wildman–Crippen LogP) is 4.97. The summed E-state index contributed by atoms with van der Waals surface area (Å²) >= 11 is 6.27. The molecular weight excluding hydrogens is 270 g/mol. The lowest BCUT2D eigenvalue weighted by Crippen LogP contribution is -2.43. The zero-order chi connectivity index (χ0) is 15.0. The van der Waals surface area contributed by atoms with Crippen LogP contribution < -0.4 is 10.1 Å². The van der Waals surface area contributed by atoms with Crippen molar-refractivity contribution in [3.05, 3.63) is 28.8 Å². The molecule has 2 nitrogen and oxygen atoms in total.